The van der Waals surface area contributed by atoms with Gasteiger partial charge in [-0.05, 0) is 31.0 Å². The van der Waals surface area contributed by atoms with Gasteiger partial charge in [0.1, 0.15) is 5.71 Å². The van der Waals surface area contributed by atoms with Gasteiger partial charge in [0.2, 0.25) is 5.91 Å². The van der Waals surface area contributed by atoms with Crippen LogP contribution >= 0.6 is 0 Å². The maximum atomic E-state index is 12.6. The van der Waals surface area contributed by atoms with Gasteiger partial charge >= 0.3 is 0 Å². The first-order valence-corrected chi connectivity index (χ1v) is 8.42. The summed E-state index contributed by atoms with van der Waals surface area (Å²) >= 11 is 0. The Morgan fingerprint density at radius 1 is 1.08 bits per heavy atom. The van der Waals surface area contributed by atoms with Crippen LogP contribution in [0.1, 0.15) is 24.0 Å². The van der Waals surface area contributed by atoms with Crippen molar-refractivity contribution in [3.63, 3.8) is 0 Å². The Hall–Kier alpha value is -2.37. The lowest BCUT2D eigenvalue weighted by Crippen LogP contribution is -2.51. The summed E-state index contributed by atoms with van der Waals surface area (Å²) in [4.78, 5) is 28.3. The van der Waals surface area contributed by atoms with Gasteiger partial charge in [-0.25, -0.2) is 5.01 Å². The van der Waals surface area contributed by atoms with Gasteiger partial charge in [-0.2, -0.15) is 5.10 Å². The SMILES string of the molecule is Cc1cccc(N2CCN(C(=O)C3=NN(C)C(=O)CC3)CC2)c1C. The number of carbonyl (C=O) groups is 2. The Bertz CT molecular complexity index is 690. The molecule has 2 amide bonds. The molecule has 0 unspecified atom stereocenters. The van der Waals surface area contributed by atoms with Crippen LogP contribution in [-0.2, 0) is 9.59 Å². The number of aryl methyl sites for hydroxylation is 1. The molecule has 3 rings (SSSR count). The number of anilines is 1. The molecular formula is C18H24N4O2. The van der Waals surface area contributed by atoms with Crippen LogP contribution in [0.15, 0.2) is 23.3 Å². The Labute approximate surface area is 142 Å². The van der Waals surface area contributed by atoms with Crippen LogP contribution in [0.3, 0.4) is 0 Å². The van der Waals surface area contributed by atoms with Gasteiger partial charge in [0.05, 0.1) is 0 Å². The number of hydrazone groups is 1. The third-order valence-electron chi connectivity index (χ3n) is 4.94. The highest BCUT2D eigenvalue weighted by Crippen LogP contribution is 2.24. The number of piperazine rings is 1. The number of nitrogens with zero attached hydrogens (tertiary/aromatic N) is 4. The minimum Gasteiger partial charge on any atom is -0.368 e. The van der Waals surface area contributed by atoms with Crippen molar-refractivity contribution in [2.24, 2.45) is 5.10 Å². The zero-order chi connectivity index (χ0) is 17.3. The van der Waals surface area contributed by atoms with Gasteiger partial charge in [0, 0.05) is 51.8 Å². The summed E-state index contributed by atoms with van der Waals surface area (Å²) in [7, 11) is 1.60. The zero-order valence-corrected chi connectivity index (χ0v) is 14.6. The molecule has 6 heteroatoms. The topological polar surface area (TPSA) is 56.2 Å². The maximum absolute atomic E-state index is 12.6. The molecule has 1 fully saturated rings. The lowest BCUT2D eigenvalue weighted by Gasteiger charge is -2.37. The average Bonchev–Trinajstić information content (AvgIpc) is 2.59. The van der Waals surface area contributed by atoms with E-state index in [-0.39, 0.29) is 11.8 Å². The highest BCUT2D eigenvalue weighted by atomic mass is 16.2. The first-order valence-electron chi connectivity index (χ1n) is 8.42. The molecule has 0 bridgehead atoms. The lowest BCUT2D eigenvalue weighted by molar-refractivity contribution is -0.130. The van der Waals surface area contributed by atoms with E-state index in [2.05, 4.69) is 42.0 Å². The van der Waals surface area contributed by atoms with E-state index in [1.54, 1.807) is 7.05 Å². The normalized spacial score (nSPS) is 18.7. The number of amides is 2. The van der Waals surface area contributed by atoms with Crippen molar-refractivity contribution in [1.82, 2.24) is 9.91 Å². The highest BCUT2D eigenvalue weighted by molar-refractivity contribution is 6.39. The summed E-state index contributed by atoms with van der Waals surface area (Å²) < 4.78 is 0. The Morgan fingerprint density at radius 2 is 1.79 bits per heavy atom. The van der Waals surface area contributed by atoms with E-state index in [0.717, 1.165) is 13.1 Å². The van der Waals surface area contributed by atoms with E-state index in [1.807, 2.05) is 4.90 Å². The quantitative estimate of drug-likeness (QED) is 0.828. The number of hydrogen-bond donors (Lipinski definition) is 0. The summed E-state index contributed by atoms with van der Waals surface area (Å²) in [5.74, 6) is -0.0683. The molecule has 6 nitrogen and oxygen atoms in total. The van der Waals surface area contributed by atoms with Crippen molar-refractivity contribution < 1.29 is 9.59 Å². The third kappa shape index (κ3) is 3.13. The van der Waals surface area contributed by atoms with E-state index in [0.29, 0.717) is 31.6 Å². The fourth-order valence-corrected chi connectivity index (χ4v) is 3.23. The van der Waals surface area contributed by atoms with E-state index >= 15 is 0 Å². The summed E-state index contributed by atoms with van der Waals surface area (Å²) in [6.45, 7) is 7.27. The molecule has 1 aromatic rings. The zero-order valence-electron chi connectivity index (χ0n) is 14.6. The summed E-state index contributed by atoms with van der Waals surface area (Å²) in [5, 5.41) is 5.42. The van der Waals surface area contributed by atoms with Crippen molar-refractivity contribution in [2.75, 3.05) is 38.1 Å². The molecule has 2 aliphatic rings. The van der Waals surface area contributed by atoms with E-state index in [1.165, 1.54) is 21.8 Å². The number of hydrogen-bond acceptors (Lipinski definition) is 4. The summed E-state index contributed by atoms with van der Waals surface area (Å²) in [6, 6.07) is 6.35. The molecule has 0 radical (unpaired) electrons. The van der Waals surface area contributed by atoms with Gasteiger partial charge in [-0.15, -0.1) is 0 Å². The average molecular weight is 328 g/mol. The number of carbonyl (C=O) groups excluding carboxylic acids is 2. The van der Waals surface area contributed by atoms with Crippen molar-refractivity contribution >= 4 is 23.2 Å². The lowest BCUT2D eigenvalue weighted by atomic mass is 10.1. The van der Waals surface area contributed by atoms with Crippen molar-refractivity contribution in [3.8, 4) is 0 Å². The van der Waals surface area contributed by atoms with Crippen LogP contribution in [0.4, 0.5) is 5.69 Å². The predicted octanol–water partition coefficient (Wildman–Crippen LogP) is 1.56. The molecule has 0 N–H and O–H groups in total. The van der Waals surface area contributed by atoms with Gasteiger partial charge in [0.15, 0.2) is 0 Å². The fourth-order valence-electron chi connectivity index (χ4n) is 3.23. The van der Waals surface area contributed by atoms with Crippen LogP contribution in [0.5, 0.6) is 0 Å². The predicted molar refractivity (Wildman–Crippen MR) is 94.1 cm³/mol. The summed E-state index contributed by atoms with van der Waals surface area (Å²) in [6.07, 6.45) is 0.808. The Morgan fingerprint density at radius 3 is 2.46 bits per heavy atom. The third-order valence-corrected chi connectivity index (χ3v) is 4.94. The minimum atomic E-state index is -0.0358. The largest absolute Gasteiger partial charge is 0.368 e. The molecule has 2 aliphatic heterocycles. The van der Waals surface area contributed by atoms with Gasteiger partial charge in [-0.1, -0.05) is 12.1 Å². The molecule has 0 saturated carbocycles. The van der Waals surface area contributed by atoms with Gasteiger partial charge < -0.3 is 9.80 Å². The molecule has 1 saturated heterocycles. The van der Waals surface area contributed by atoms with Crippen molar-refractivity contribution in [3.05, 3.63) is 29.3 Å². The summed E-state index contributed by atoms with van der Waals surface area (Å²) in [5.41, 5.74) is 4.34. The first-order chi connectivity index (χ1) is 11.5. The van der Waals surface area contributed by atoms with Crippen LogP contribution in [0, 0.1) is 13.8 Å². The molecule has 128 valence electrons. The molecule has 0 atom stereocenters. The minimum absolute atomic E-state index is 0.0324. The molecule has 2 heterocycles. The van der Waals surface area contributed by atoms with Crippen LogP contribution < -0.4 is 4.90 Å². The smallest absolute Gasteiger partial charge is 0.270 e. The maximum Gasteiger partial charge on any atom is 0.270 e. The molecule has 0 aliphatic carbocycles. The standard InChI is InChI=1S/C18H24N4O2/c1-13-5-4-6-16(14(13)2)21-9-11-22(12-10-21)18(24)15-7-8-17(23)20(3)19-15/h4-6H,7-12H2,1-3H3. The molecule has 1 aromatic carbocycles. The van der Waals surface area contributed by atoms with E-state index < -0.39 is 0 Å². The van der Waals surface area contributed by atoms with Crippen molar-refractivity contribution in [2.45, 2.75) is 26.7 Å². The second-order valence-corrected chi connectivity index (χ2v) is 6.46. The van der Waals surface area contributed by atoms with E-state index in [4.69, 9.17) is 0 Å². The second kappa shape index (κ2) is 6.63. The molecular weight excluding hydrogens is 304 g/mol. The van der Waals surface area contributed by atoms with Gasteiger partial charge in [0.25, 0.3) is 5.91 Å². The van der Waals surface area contributed by atoms with Crippen molar-refractivity contribution in [1.29, 1.82) is 0 Å². The molecule has 0 spiro atoms. The van der Waals surface area contributed by atoms with E-state index in [9.17, 15) is 9.59 Å². The number of benzene rings is 1. The Kier molecular flexibility index (Phi) is 4.55. The molecule has 24 heavy (non-hydrogen) atoms. The molecule has 0 aromatic heterocycles. The monoisotopic (exact) mass is 328 g/mol. The number of rotatable bonds is 2. The van der Waals surface area contributed by atoms with Crippen LogP contribution in [0.25, 0.3) is 0 Å². The first kappa shape index (κ1) is 16.5. The highest BCUT2D eigenvalue weighted by Gasteiger charge is 2.28. The van der Waals surface area contributed by atoms with Crippen LogP contribution in [0.2, 0.25) is 0 Å². The second-order valence-electron chi connectivity index (χ2n) is 6.46. The van der Waals surface area contributed by atoms with Gasteiger partial charge in [-0.3, -0.25) is 9.59 Å². The fraction of sp³-hybridized carbons (Fsp3) is 0.500. The van der Waals surface area contributed by atoms with Crippen LogP contribution in [-0.4, -0.2) is 60.7 Å². The Balaban J connectivity index is 1.65.